The summed E-state index contributed by atoms with van der Waals surface area (Å²) in [5.74, 6) is 0. The van der Waals surface area contributed by atoms with Crippen molar-refractivity contribution in [1.29, 1.82) is 0 Å². The zero-order valence-electron chi connectivity index (χ0n) is 6.73. The molecule has 0 saturated carbocycles. The highest BCUT2D eigenvalue weighted by Crippen LogP contribution is 2.09. The molecule has 0 spiro atoms. The molecule has 0 saturated heterocycles. The Morgan fingerprint density at radius 1 is 1.50 bits per heavy atom. The number of hydrogen-bond donors (Lipinski definition) is 1. The van der Waals surface area contributed by atoms with Gasteiger partial charge in [0.2, 0.25) is 0 Å². The summed E-state index contributed by atoms with van der Waals surface area (Å²) in [6.45, 7) is 5.69. The van der Waals surface area contributed by atoms with Gasteiger partial charge in [-0.2, -0.15) is 0 Å². The van der Waals surface area contributed by atoms with E-state index in [-0.39, 0.29) is 5.54 Å². The van der Waals surface area contributed by atoms with E-state index < -0.39 is 6.09 Å². The molecule has 0 aliphatic rings. The van der Waals surface area contributed by atoms with E-state index in [1.165, 1.54) is 0 Å². The molecule has 1 radical (unpaired) electrons. The third-order valence-electron chi connectivity index (χ3n) is 1.32. The zero-order chi connectivity index (χ0) is 8.20. The molecule has 0 atom stereocenters. The van der Waals surface area contributed by atoms with Gasteiger partial charge in [0.15, 0.2) is 0 Å². The molecule has 0 fully saturated rings. The molecule has 3 nitrogen and oxygen atoms in total. The lowest BCUT2D eigenvalue weighted by atomic mass is 10.00. The van der Waals surface area contributed by atoms with Crippen molar-refractivity contribution in [1.82, 2.24) is 5.32 Å². The minimum Gasteiger partial charge on any atom is -0.314 e. The summed E-state index contributed by atoms with van der Waals surface area (Å²) in [5.41, 5.74) is -0.340. The van der Waals surface area contributed by atoms with Crippen LogP contribution in [0.25, 0.3) is 0 Å². The van der Waals surface area contributed by atoms with E-state index in [4.69, 9.17) is 0 Å². The third-order valence-corrected chi connectivity index (χ3v) is 1.32. The number of carbonyl (C=O) groups is 1. The van der Waals surface area contributed by atoms with Gasteiger partial charge in [-0.3, -0.25) is 0 Å². The fourth-order valence-corrected chi connectivity index (χ4v) is 0.964. The topological polar surface area (TPSA) is 49.0 Å². The van der Waals surface area contributed by atoms with E-state index in [9.17, 15) is 9.90 Å². The Labute approximate surface area is 61.4 Å². The fourth-order valence-electron chi connectivity index (χ4n) is 0.964. The maximum Gasteiger partial charge on any atom is 0.451 e. The SMILES string of the molecule is CCCC(C)(C)NC([O])=O. The molecule has 59 valence electrons. The highest BCUT2D eigenvalue weighted by Gasteiger charge is 2.18. The second-order valence-electron chi connectivity index (χ2n) is 3.05. The van der Waals surface area contributed by atoms with Crippen LogP contribution in [-0.2, 0) is 5.11 Å². The first-order valence-electron chi connectivity index (χ1n) is 3.47. The highest BCUT2D eigenvalue weighted by atomic mass is 16.4. The Kier molecular flexibility index (Phi) is 3.19. The summed E-state index contributed by atoms with van der Waals surface area (Å²) < 4.78 is 0. The second kappa shape index (κ2) is 3.44. The van der Waals surface area contributed by atoms with Gasteiger partial charge < -0.3 is 5.32 Å². The predicted octanol–water partition coefficient (Wildman–Crippen LogP) is 1.71. The quantitative estimate of drug-likeness (QED) is 0.644. The van der Waals surface area contributed by atoms with Gasteiger partial charge in [0, 0.05) is 5.54 Å². The lowest BCUT2D eigenvalue weighted by molar-refractivity contribution is 0.155. The van der Waals surface area contributed by atoms with Crippen LogP contribution in [0, 0.1) is 0 Å². The summed E-state index contributed by atoms with van der Waals surface area (Å²) in [6.07, 6.45) is 0.604. The van der Waals surface area contributed by atoms with E-state index in [2.05, 4.69) is 5.32 Å². The van der Waals surface area contributed by atoms with Crippen LogP contribution < -0.4 is 5.32 Å². The van der Waals surface area contributed by atoms with E-state index in [0.717, 1.165) is 12.8 Å². The van der Waals surface area contributed by atoms with Crippen LogP contribution in [0.4, 0.5) is 4.79 Å². The lowest BCUT2D eigenvalue weighted by Crippen LogP contribution is -2.41. The average molecular weight is 144 g/mol. The first-order chi connectivity index (χ1) is 4.48. The summed E-state index contributed by atoms with van der Waals surface area (Å²) in [6, 6.07) is 0. The van der Waals surface area contributed by atoms with Gasteiger partial charge in [-0.1, -0.05) is 13.3 Å². The molecule has 3 heteroatoms. The van der Waals surface area contributed by atoms with Crippen molar-refractivity contribution in [2.24, 2.45) is 0 Å². The van der Waals surface area contributed by atoms with E-state index >= 15 is 0 Å². The Morgan fingerprint density at radius 2 is 2.00 bits per heavy atom. The zero-order valence-corrected chi connectivity index (χ0v) is 6.73. The van der Waals surface area contributed by atoms with Gasteiger partial charge in [0.25, 0.3) is 0 Å². The molecule has 0 aromatic heterocycles. The van der Waals surface area contributed by atoms with Crippen molar-refractivity contribution >= 4 is 6.09 Å². The third kappa shape index (κ3) is 4.18. The van der Waals surface area contributed by atoms with Crippen LogP contribution in [0.3, 0.4) is 0 Å². The van der Waals surface area contributed by atoms with Gasteiger partial charge in [0.05, 0.1) is 0 Å². The van der Waals surface area contributed by atoms with Crippen molar-refractivity contribution in [3.05, 3.63) is 0 Å². The summed E-state index contributed by atoms with van der Waals surface area (Å²) in [4.78, 5) is 10.1. The van der Waals surface area contributed by atoms with Crippen LogP contribution in [0.1, 0.15) is 33.6 Å². The average Bonchev–Trinajstić information content (AvgIpc) is 1.59. The maximum atomic E-state index is 10.1. The normalized spacial score (nSPS) is 11.1. The fraction of sp³-hybridized carbons (Fsp3) is 0.857. The van der Waals surface area contributed by atoms with E-state index in [1.807, 2.05) is 20.8 Å². The smallest absolute Gasteiger partial charge is 0.314 e. The van der Waals surface area contributed by atoms with Crippen molar-refractivity contribution in [3.63, 3.8) is 0 Å². The molecule has 0 unspecified atom stereocenters. The maximum absolute atomic E-state index is 10.1. The van der Waals surface area contributed by atoms with Gasteiger partial charge in [-0.15, -0.1) is 0 Å². The van der Waals surface area contributed by atoms with Gasteiger partial charge in [0.1, 0.15) is 0 Å². The summed E-state index contributed by atoms with van der Waals surface area (Å²) in [7, 11) is 0. The molecular weight excluding hydrogens is 130 g/mol. The number of hydrogen-bond acceptors (Lipinski definition) is 1. The summed E-state index contributed by atoms with van der Waals surface area (Å²) >= 11 is 0. The first-order valence-corrected chi connectivity index (χ1v) is 3.47. The predicted molar refractivity (Wildman–Crippen MR) is 38.2 cm³/mol. The highest BCUT2D eigenvalue weighted by molar-refractivity contribution is 5.64. The second-order valence-corrected chi connectivity index (χ2v) is 3.05. The van der Waals surface area contributed by atoms with Crippen molar-refractivity contribution in [2.45, 2.75) is 39.2 Å². The van der Waals surface area contributed by atoms with E-state index in [0.29, 0.717) is 0 Å². The van der Waals surface area contributed by atoms with Gasteiger partial charge >= 0.3 is 6.09 Å². The summed E-state index contributed by atoms with van der Waals surface area (Å²) in [5, 5.41) is 12.4. The van der Waals surface area contributed by atoms with Gasteiger partial charge in [-0.05, 0) is 20.3 Å². The molecule has 0 rings (SSSR count). The molecule has 0 bridgehead atoms. The number of carbonyl (C=O) groups excluding carboxylic acids is 1. The Hall–Kier alpha value is -0.730. The first kappa shape index (κ1) is 9.27. The van der Waals surface area contributed by atoms with Crippen LogP contribution in [0.15, 0.2) is 0 Å². The van der Waals surface area contributed by atoms with Crippen LogP contribution in [-0.4, -0.2) is 11.6 Å². The molecule has 0 aliphatic carbocycles. The standard InChI is InChI=1S/C7H14NO2/c1-4-5-7(2,3)8-6(9)10/h8H,4-5H2,1-3H3. The molecule has 0 aliphatic heterocycles. The van der Waals surface area contributed by atoms with Crippen molar-refractivity contribution < 1.29 is 9.90 Å². The Bertz CT molecular complexity index is 121. The molecular formula is C7H14NO2. The Balaban J connectivity index is 3.74. The molecule has 1 amide bonds. The molecule has 0 heterocycles. The van der Waals surface area contributed by atoms with Crippen LogP contribution >= 0.6 is 0 Å². The van der Waals surface area contributed by atoms with Crippen LogP contribution in [0.5, 0.6) is 0 Å². The Morgan fingerprint density at radius 3 is 2.30 bits per heavy atom. The minimum atomic E-state index is -1.20. The van der Waals surface area contributed by atoms with E-state index in [1.54, 1.807) is 0 Å². The largest absolute Gasteiger partial charge is 0.451 e. The molecule has 10 heavy (non-hydrogen) atoms. The minimum absolute atomic E-state index is 0.340. The van der Waals surface area contributed by atoms with Crippen LogP contribution in [0.2, 0.25) is 0 Å². The van der Waals surface area contributed by atoms with Crippen molar-refractivity contribution in [2.75, 3.05) is 0 Å². The number of amides is 1. The van der Waals surface area contributed by atoms with Crippen molar-refractivity contribution in [3.8, 4) is 0 Å². The van der Waals surface area contributed by atoms with Gasteiger partial charge in [-0.25, -0.2) is 9.90 Å². The number of rotatable bonds is 3. The molecule has 0 aromatic carbocycles. The lowest BCUT2D eigenvalue weighted by Gasteiger charge is -2.22. The molecule has 0 aromatic rings. The monoisotopic (exact) mass is 144 g/mol. The number of nitrogens with one attached hydrogen (secondary N) is 1. The molecule has 1 N–H and O–H groups in total.